The Balaban J connectivity index is 1.54. The van der Waals surface area contributed by atoms with Gasteiger partial charge in [-0.3, -0.25) is 4.40 Å². The van der Waals surface area contributed by atoms with Gasteiger partial charge < -0.3 is 4.40 Å². The van der Waals surface area contributed by atoms with Gasteiger partial charge in [0.25, 0.3) is 0 Å². The Hall–Kier alpha value is -2.57. The number of nitrogens with zero attached hydrogens (tertiary/aromatic N) is 5. The first kappa shape index (κ1) is 15.7. The summed E-state index contributed by atoms with van der Waals surface area (Å²) in [6.07, 6.45) is 3.86. The van der Waals surface area contributed by atoms with Gasteiger partial charge in [-0.05, 0) is 36.8 Å². The second-order valence-corrected chi connectivity index (χ2v) is 7.53. The Morgan fingerprint density at radius 1 is 1.04 bits per heavy atom. The van der Waals surface area contributed by atoms with Crippen molar-refractivity contribution in [3.8, 4) is 0 Å². The van der Waals surface area contributed by atoms with Crippen molar-refractivity contribution in [1.29, 1.82) is 0 Å². The van der Waals surface area contributed by atoms with Crippen LogP contribution in [0.5, 0.6) is 0 Å². The third-order valence-corrected chi connectivity index (χ3v) is 5.57. The third kappa shape index (κ3) is 2.53. The fraction of sp³-hybridized carbons (Fsp3) is 0.105. The molecule has 1 aromatic carbocycles. The van der Waals surface area contributed by atoms with Crippen LogP contribution in [0.1, 0.15) is 11.3 Å². The Morgan fingerprint density at radius 3 is 2.85 bits per heavy atom. The van der Waals surface area contributed by atoms with E-state index in [4.69, 9.17) is 11.6 Å². The summed E-state index contributed by atoms with van der Waals surface area (Å²) in [6.45, 7) is 2.10. The van der Waals surface area contributed by atoms with Crippen LogP contribution in [0.15, 0.2) is 60.0 Å². The predicted molar refractivity (Wildman–Crippen MR) is 105 cm³/mol. The lowest BCUT2D eigenvalue weighted by atomic mass is 10.1. The molecule has 0 N–H and O–H groups in total. The molecule has 0 amide bonds. The van der Waals surface area contributed by atoms with Gasteiger partial charge in [0, 0.05) is 23.5 Å². The quantitative estimate of drug-likeness (QED) is 0.423. The zero-order valence-electron chi connectivity index (χ0n) is 13.9. The van der Waals surface area contributed by atoms with Crippen LogP contribution in [0.25, 0.3) is 22.2 Å². The van der Waals surface area contributed by atoms with Crippen LogP contribution >= 0.6 is 23.4 Å². The number of fused-ring (bicyclic) bond motifs is 4. The minimum Gasteiger partial charge on any atom is -0.305 e. The number of rotatable bonds is 3. The fourth-order valence-corrected chi connectivity index (χ4v) is 4.20. The highest BCUT2D eigenvalue weighted by Gasteiger charge is 2.12. The molecule has 0 saturated heterocycles. The van der Waals surface area contributed by atoms with E-state index in [9.17, 15) is 0 Å². The third-order valence-electron chi connectivity index (χ3n) is 4.39. The number of halogens is 1. The molecular formula is C19H14ClN5S. The summed E-state index contributed by atoms with van der Waals surface area (Å²) in [5, 5.41) is 11.5. The summed E-state index contributed by atoms with van der Waals surface area (Å²) in [7, 11) is 0. The highest BCUT2D eigenvalue weighted by Crippen LogP contribution is 2.27. The van der Waals surface area contributed by atoms with E-state index in [-0.39, 0.29) is 0 Å². The highest BCUT2D eigenvalue weighted by molar-refractivity contribution is 7.98. The van der Waals surface area contributed by atoms with Crippen molar-refractivity contribution in [3.63, 3.8) is 0 Å². The van der Waals surface area contributed by atoms with Crippen LogP contribution in [0.2, 0.25) is 5.02 Å². The van der Waals surface area contributed by atoms with Gasteiger partial charge in [-0.1, -0.05) is 41.6 Å². The lowest BCUT2D eigenvalue weighted by Gasteiger charge is -2.06. The van der Waals surface area contributed by atoms with E-state index in [0.717, 1.165) is 27.7 Å². The second kappa shape index (κ2) is 6.00. The molecule has 0 atom stereocenters. The SMILES string of the molecule is Cc1cc2nnc(SCc3cn4cc(Cl)ccc4n3)n2c2ccccc12. The number of para-hydroxylation sites is 1. The Labute approximate surface area is 158 Å². The number of pyridine rings is 2. The van der Waals surface area contributed by atoms with E-state index in [0.29, 0.717) is 10.8 Å². The molecule has 0 spiro atoms. The smallest absolute Gasteiger partial charge is 0.196 e. The maximum absolute atomic E-state index is 6.04. The summed E-state index contributed by atoms with van der Waals surface area (Å²) < 4.78 is 4.05. The van der Waals surface area contributed by atoms with Crippen LogP contribution in [0, 0.1) is 6.92 Å². The van der Waals surface area contributed by atoms with E-state index in [1.54, 1.807) is 11.8 Å². The van der Waals surface area contributed by atoms with Crippen LogP contribution in [0.4, 0.5) is 0 Å². The highest BCUT2D eigenvalue weighted by atomic mass is 35.5. The molecule has 4 aromatic heterocycles. The average Bonchev–Trinajstić information content (AvgIpc) is 3.23. The molecule has 26 heavy (non-hydrogen) atoms. The van der Waals surface area contributed by atoms with Crippen LogP contribution in [-0.4, -0.2) is 24.0 Å². The van der Waals surface area contributed by atoms with E-state index >= 15 is 0 Å². The molecule has 0 aliphatic heterocycles. The van der Waals surface area contributed by atoms with Crippen molar-refractivity contribution in [3.05, 3.63) is 71.1 Å². The molecule has 0 bridgehead atoms. The van der Waals surface area contributed by atoms with E-state index < -0.39 is 0 Å². The standard InChI is InChI=1S/C19H14ClN5S/c1-12-8-18-22-23-19(25(18)16-5-3-2-4-15(12)16)26-11-14-10-24-9-13(20)6-7-17(24)21-14/h2-10H,11H2,1H3. The van der Waals surface area contributed by atoms with E-state index in [2.05, 4.69) is 50.8 Å². The number of aromatic nitrogens is 5. The Morgan fingerprint density at radius 2 is 1.92 bits per heavy atom. The number of aryl methyl sites for hydroxylation is 1. The lowest BCUT2D eigenvalue weighted by Crippen LogP contribution is -1.93. The molecule has 0 aliphatic carbocycles. The molecule has 0 unspecified atom stereocenters. The molecule has 7 heteroatoms. The van der Waals surface area contributed by atoms with Gasteiger partial charge in [0.05, 0.1) is 16.2 Å². The van der Waals surface area contributed by atoms with Crippen LogP contribution < -0.4 is 0 Å². The topological polar surface area (TPSA) is 47.5 Å². The van der Waals surface area contributed by atoms with Gasteiger partial charge in [0.2, 0.25) is 0 Å². The first-order chi connectivity index (χ1) is 12.7. The summed E-state index contributed by atoms with van der Waals surface area (Å²) in [5.41, 5.74) is 5.05. The van der Waals surface area contributed by atoms with Crippen molar-refractivity contribution in [2.75, 3.05) is 0 Å². The number of thioether (sulfide) groups is 1. The Kier molecular flexibility index (Phi) is 3.62. The molecule has 0 fully saturated rings. The first-order valence-corrected chi connectivity index (χ1v) is 9.55. The maximum atomic E-state index is 6.04. The van der Waals surface area contributed by atoms with E-state index in [1.165, 1.54) is 10.9 Å². The van der Waals surface area contributed by atoms with Gasteiger partial charge in [0.15, 0.2) is 10.8 Å². The van der Waals surface area contributed by atoms with Gasteiger partial charge in [0.1, 0.15) is 5.65 Å². The summed E-state index contributed by atoms with van der Waals surface area (Å²) in [4.78, 5) is 4.64. The van der Waals surface area contributed by atoms with Gasteiger partial charge in [-0.15, -0.1) is 10.2 Å². The minimum absolute atomic E-state index is 0.694. The molecule has 4 heterocycles. The first-order valence-electron chi connectivity index (χ1n) is 8.18. The van der Waals surface area contributed by atoms with Crippen molar-refractivity contribution < 1.29 is 0 Å². The number of hydrogen-bond donors (Lipinski definition) is 0. The summed E-state index contributed by atoms with van der Waals surface area (Å²) in [5.74, 6) is 0.711. The van der Waals surface area contributed by atoms with Crippen molar-refractivity contribution in [1.82, 2.24) is 24.0 Å². The number of imidazole rings is 1. The van der Waals surface area contributed by atoms with Crippen molar-refractivity contribution in [2.45, 2.75) is 17.8 Å². The molecule has 5 rings (SSSR count). The maximum Gasteiger partial charge on any atom is 0.196 e. The normalized spacial score (nSPS) is 11.8. The van der Waals surface area contributed by atoms with Crippen molar-refractivity contribution >= 4 is 45.6 Å². The zero-order valence-corrected chi connectivity index (χ0v) is 15.5. The summed E-state index contributed by atoms with van der Waals surface area (Å²) in [6, 6.07) is 14.2. The van der Waals surface area contributed by atoms with Gasteiger partial charge in [-0.25, -0.2) is 4.98 Å². The predicted octanol–water partition coefficient (Wildman–Crippen LogP) is 4.78. The second-order valence-electron chi connectivity index (χ2n) is 6.15. The molecule has 5 aromatic rings. The molecular weight excluding hydrogens is 366 g/mol. The van der Waals surface area contributed by atoms with Crippen molar-refractivity contribution in [2.24, 2.45) is 0 Å². The largest absolute Gasteiger partial charge is 0.305 e. The van der Waals surface area contributed by atoms with Crippen LogP contribution in [-0.2, 0) is 5.75 Å². The van der Waals surface area contributed by atoms with Gasteiger partial charge >= 0.3 is 0 Å². The molecule has 128 valence electrons. The van der Waals surface area contributed by atoms with Crippen LogP contribution in [0.3, 0.4) is 0 Å². The average molecular weight is 380 g/mol. The molecule has 0 saturated carbocycles. The fourth-order valence-electron chi connectivity index (χ4n) is 3.19. The molecule has 0 aliphatic rings. The number of hydrogen-bond acceptors (Lipinski definition) is 4. The van der Waals surface area contributed by atoms with Gasteiger partial charge in [-0.2, -0.15) is 0 Å². The number of benzene rings is 1. The van der Waals surface area contributed by atoms with E-state index in [1.807, 2.05) is 35.0 Å². The summed E-state index contributed by atoms with van der Waals surface area (Å²) >= 11 is 7.67. The lowest BCUT2D eigenvalue weighted by molar-refractivity contribution is 0.939. The zero-order chi connectivity index (χ0) is 17.7. The molecule has 0 radical (unpaired) electrons. The monoisotopic (exact) mass is 379 g/mol. The minimum atomic E-state index is 0.694. The molecule has 5 nitrogen and oxygen atoms in total. The Bertz CT molecular complexity index is 1270.